The number of nitrogens with two attached hydrogens (primary N) is 2. The number of rotatable bonds is 11. The molecule has 4 rings (SSSR count). The largest absolute Gasteiger partial charge is 0.489 e. The smallest absolute Gasteiger partial charge is 0.321 e. The molecule has 0 spiro atoms. The van der Waals surface area contributed by atoms with Crippen LogP contribution >= 0.6 is 0 Å². The van der Waals surface area contributed by atoms with E-state index in [4.69, 9.17) is 17.6 Å². The molecule has 3 amide bonds. The highest BCUT2D eigenvalue weighted by molar-refractivity contribution is 5.95. The Bertz CT molecular complexity index is 1270. The lowest BCUT2D eigenvalue weighted by Gasteiger charge is -2.41. The first-order valence-corrected chi connectivity index (χ1v) is 13.0. The van der Waals surface area contributed by atoms with Crippen molar-refractivity contribution in [2.75, 3.05) is 31.5 Å². The summed E-state index contributed by atoms with van der Waals surface area (Å²) in [5.41, 5.74) is 10.9. The third kappa shape index (κ3) is 6.93. The number of carboxylic acid groups (broad SMARTS) is 1. The van der Waals surface area contributed by atoms with Crippen LogP contribution < -0.4 is 37.5 Å². The first-order chi connectivity index (χ1) is 19.7. The minimum atomic E-state index is -1.30. The van der Waals surface area contributed by atoms with E-state index in [1.54, 1.807) is 29.2 Å². The van der Waals surface area contributed by atoms with Crippen molar-refractivity contribution in [1.29, 1.82) is 0 Å². The molecule has 2 fully saturated rings. The highest BCUT2D eigenvalue weighted by Crippen LogP contribution is 2.33. The maximum Gasteiger partial charge on any atom is 0.321 e. The van der Waals surface area contributed by atoms with Gasteiger partial charge in [-0.2, -0.15) is 0 Å². The van der Waals surface area contributed by atoms with E-state index >= 15 is 0 Å². The van der Waals surface area contributed by atoms with E-state index in [0.29, 0.717) is 12.4 Å². The molecule has 4 atom stereocenters. The molecule has 0 aromatic heterocycles. The van der Waals surface area contributed by atoms with E-state index in [-0.39, 0.29) is 44.7 Å². The van der Waals surface area contributed by atoms with E-state index in [2.05, 4.69) is 16.0 Å². The van der Waals surface area contributed by atoms with Gasteiger partial charge in [0.15, 0.2) is 1.41 Å². The average molecular weight is 555 g/mol. The summed E-state index contributed by atoms with van der Waals surface area (Å²) in [6.45, 7) is -0.165. The molecule has 0 saturated carbocycles. The summed E-state index contributed by atoms with van der Waals surface area (Å²) in [6, 6.07) is 13.6. The Kier molecular flexibility index (Phi) is 8.86. The molecular formula is C27H35N7O6. The van der Waals surface area contributed by atoms with Gasteiger partial charge in [0.2, 0.25) is 17.7 Å². The minimum absolute atomic E-state index is 0.0184. The third-order valence-electron chi connectivity index (χ3n) is 7.03. The minimum Gasteiger partial charge on any atom is -0.489 e. The number of benzene rings is 2. The van der Waals surface area contributed by atoms with E-state index in [1.807, 2.05) is 30.3 Å². The van der Waals surface area contributed by atoms with Crippen molar-refractivity contribution in [3.8, 4) is 5.75 Å². The zero-order chi connectivity index (χ0) is 29.6. The zero-order valence-corrected chi connectivity index (χ0v) is 21.9. The fourth-order valence-corrected chi connectivity index (χ4v) is 5.17. The summed E-state index contributed by atoms with van der Waals surface area (Å²) in [5.74, 6) is -2.23. The number of carbonyl (C=O) groups is 4. The SMILES string of the molecule is [2H]N(C(=O)[C@@H]1C[C@](NC(=O)CN)(N2CC(NC(=O)CN)C[C@H]2C(=O)O)CN1)c1cccc(OCc2ccccc2)c1. The molecule has 0 bridgehead atoms. The van der Waals surface area contributed by atoms with Crippen LogP contribution in [0.4, 0.5) is 5.69 Å². The molecule has 2 heterocycles. The highest BCUT2D eigenvalue weighted by atomic mass is 16.5. The Balaban J connectivity index is 1.50. The number of amides is 3. The third-order valence-corrected chi connectivity index (χ3v) is 7.03. The second-order valence-corrected chi connectivity index (χ2v) is 9.85. The average Bonchev–Trinajstić information content (AvgIpc) is 3.61. The van der Waals surface area contributed by atoms with Gasteiger partial charge in [-0.25, -0.2) is 0 Å². The predicted molar refractivity (Wildman–Crippen MR) is 146 cm³/mol. The van der Waals surface area contributed by atoms with Crippen LogP contribution in [-0.4, -0.2) is 83.7 Å². The van der Waals surface area contributed by atoms with Gasteiger partial charge in [0.25, 0.3) is 0 Å². The van der Waals surface area contributed by atoms with Crippen LogP contribution in [0.1, 0.15) is 18.4 Å². The zero-order valence-electron chi connectivity index (χ0n) is 22.9. The van der Waals surface area contributed by atoms with Crippen LogP contribution in [0.3, 0.4) is 0 Å². The van der Waals surface area contributed by atoms with Crippen molar-refractivity contribution >= 4 is 29.4 Å². The van der Waals surface area contributed by atoms with Crippen molar-refractivity contribution in [1.82, 2.24) is 20.9 Å². The molecule has 0 radical (unpaired) electrons. The van der Waals surface area contributed by atoms with Gasteiger partial charge in [0.05, 0.1) is 19.1 Å². The lowest BCUT2D eigenvalue weighted by Crippen LogP contribution is -2.65. The number of aliphatic carboxylic acids is 1. The van der Waals surface area contributed by atoms with E-state index in [1.165, 1.54) is 0 Å². The van der Waals surface area contributed by atoms with E-state index in [9.17, 15) is 24.3 Å². The summed E-state index contributed by atoms with van der Waals surface area (Å²) in [7, 11) is 0. The van der Waals surface area contributed by atoms with Gasteiger partial charge in [-0.15, -0.1) is 0 Å². The Morgan fingerprint density at radius 2 is 1.85 bits per heavy atom. The summed E-state index contributed by atoms with van der Waals surface area (Å²) < 4.78 is 14.4. The lowest BCUT2D eigenvalue weighted by atomic mass is 10.0. The van der Waals surface area contributed by atoms with Gasteiger partial charge in [0, 0.05) is 37.3 Å². The molecule has 13 nitrogen and oxygen atoms in total. The summed E-state index contributed by atoms with van der Waals surface area (Å²) in [5, 5.41) is 19.3. The fraction of sp³-hybridized carbons (Fsp3) is 0.407. The van der Waals surface area contributed by atoms with Crippen LogP contribution in [0.25, 0.3) is 0 Å². The van der Waals surface area contributed by atoms with Gasteiger partial charge < -0.3 is 42.6 Å². The Morgan fingerprint density at radius 1 is 1.10 bits per heavy atom. The van der Waals surface area contributed by atoms with Crippen molar-refractivity contribution in [2.45, 2.75) is 43.2 Å². The number of carbonyl (C=O) groups excluding carboxylic acids is 3. The summed E-state index contributed by atoms with van der Waals surface area (Å²) in [4.78, 5) is 51.6. The Labute approximate surface area is 233 Å². The van der Waals surface area contributed by atoms with Crippen LogP contribution in [0.15, 0.2) is 54.6 Å². The van der Waals surface area contributed by atoms with Crippen LogP contribution in [-0.2, 0) is 25.8 Å². The molecular weight excluding hydrogens is 518 g/mol. The summed E-state index contributed by atoms with van der Waals surface area (Å²) >= 11 is 0. The highest BCUT2D eigenvalue weighted by Gasteiger charge is 2.53. The fourth-order valence-electron chi connectivity index (χ4n) is 5.17. The first-order valence-electron chi connectivity index (χ1n) is 13.4. The molecule has 9 N–H and O–H groups in total. The Morgan fingerprint density at radius 3 is 2.55 bits per heavy atom. The Hall–Kier alpha value is -4.04. The number of anilines is 1. The molecule has 2 saturated heterocycles. The van der Waals surface area contributed by atoms with E-state index < -0.39 is 47.5 Å². The molecule has 13 heteroatoms. The second kappa shape index (κ2) is 12.9. The first kappa shape index (κ1) is 27.5. The number of nitrogens with one attached hydrogen (secondary N) is 4. The van der Waals surface area contributed by atoms with Gasteiger partial charge in [-0.1, -0.05) is 36.4 Å². The van der Waals surface area contributed by atoms with Gasteiger partial charge in [-0.05, 0) is 24.1 Å². The number of hydrogen-bond donors (Lipinski definition) is 7. The van der Waals surface area contributed by atoms with Crippen LogP contribution in [0, 0.1) is 0 Å². The van der Waals surface area contributed by atoms with Gasteiger partial charge in [-0.3, -0.25) is 24.1 Å². The molecule has 40 heavy (non-hydrogen) atoms. The standard InChI is InChI=1S/C27H35N7O6/c28-12-23(35)31-19-10-22(26(38)39)34(14-19)27(33-24(36)13-29)11-21(30-16-27)25(37)32-18-7-4-8-20(9-18)40-15-17-5-2-1-3-6-17/h1-9,19,21-22,30H,10-16,28-29H2,(H,31,35)(H,32,37)(H,33,36)(H,38,39)/t19?,21-,22-,27-/m0/s1/i/hD. The molecule has 0 aliphatic carbocycles. The lowest BCUT2D eigenvalue weighted by molar-refractivity contribution is -0.146. The molecule has 1 unspecified atom stereocenters. The van der Waals surface area contributed by atoms with Crippen LogP contribution in [0.2, 0.25) is 1.41 Å². The molecule has 2 aliphatic rings. The van der Waals surface area contributed by atoms with Crippen molar-refractivity contribution in [3.05, 3.63) is 60.2 Å². The van der Waals surface area contributed by atoms with Gasteiger partial charge in [0.1, 0.15) is 24.1 Å². The topological polar surface area (TPSA) is 201 Å². The predicted octanol–water partition coefficient (Wildman–Crippen LogP) is -1.06. The normalized spacial score (nSPS) is 24.6. The molecule has 214 valence electrons. The molecule has 2 aliphatic heterocycles. The second-order valence-electron chi connectivity index (χ2n) is 9.85. The number of likely N-dealkylation sites (tertiary alicyclic amines) is 1. The monoisotopic (exact) mass is 554 g/mol. The maximum atomic E-state index is 13.5. The quantitative estimate of drug-likeness (QED) is 0.179. The number of carboxylic acids is 1. The van der Waals surface area contributed by atoms with Crippen molar-refractivity contribution < 1.29 is 30.4 Å². The number of nitrogens with zero attached hydrogens (tertiary/aromatic N) is 1. The number of hydrogen-bond acceptors (Lipinski definition) is 9. The van der Waals surface area contributed by atoms with Gasteiger partial charge >= 0.3 is 5.97 Å². The summed E-state index contributed by atoms with van der Waals surface area (Å²) in [6.07, 6.45) is 0.0543. The number of ether oxygens (including phenoxy) is 1. The van der Waals surface area contributed by atoms with E-state index in [0.717, 1.165) is 10.9 Å². The molecule has 2 aromatic rings. The maximum absolute atomic E-state index is 13.5. The van der Waals surface area contributed by atoms with Crippen molar-refractivity contribution in [2.24, 2.45) is 11.5 Å². The van der Waals surface area contributed by atoms with Crippen molar-refractivity contribution in [3.63, 3.8) is 0 Å². The molecule has 2 aromatic carbocycles. The van der Waals surface area contributed by atoms with Crippen LogP contribution in [0.5, 0.6) is 5.75 Å².